The van der Waals surface area contributed by atoms with Crippen LogP contribution in [0.2, 0.25) is 0 Å². The van der Waals surface area contributed by atoms with Crippen LogP contribution in [-0.4, -0.2) is 23.0 Å². The fourth-order valence-corrected chi connectivity index (χ4v) is 2.53. The lowest BCUT2D eigenvalue weighted by atomic mass is 10.0. The zero-order valence-corrected chi connectivity index (χ0v) is 13.2. The molecule has 1 atom stereocenters. The zero-order chi connectivity index (χ0) is 16.1. The summed E-state index contributed by atoms with van der Waals surface area (Å²) >= 11 is 0. The van der Waals surface area contributed by atoms with Crippen LogP contribution in [0.1, 0.15) is 24.5 Å². The molecule has 1 aromatic heterocycles. The molecule has 2 rings (SSSR count). The Balaban J connectivity index is 2.23. The molecule has 22 heavy (non-hydrogen) atoms. The van der Waals surface area contributed by atoms with Crippen LogP contribution in [0.25, 0.3) is 0 Å². The molecule has 0 fully saturated rings. The first-order valence-electron chi connectivity index (χ1n) is 7.40. The molecule has 1 unspecified atom stereocenters. The van der Waals surface area contributed by atoms with Crippen LogP contribution in [0.15, 0.2) is 42.6 Å². The highest BCUT2D eigenvalue weighted by atomic mass is 16.6. The molecule has 0 saturated heterocycles. The normalized spacial score (nSPS) is 12.0. The summed E-state index contributed by atoms with van der Waals surface area (Å²) in [7, 11) is 1.87. The highest BCUT2D eigenvalue weighted by Crippen LogP contribution is 2.27. The predicted molar refractivity (Wildman–Crippen MR) is 88.3 cm³/mol. The molecule has 0 aliphatic rings. The third-order valence-corrected chi connectivity index (χ3v) is 3.91. The van der Waals surface area contributed by atoms with Crippen molar-refractivity contribution in [2.75, 3.05) is 11.9 Å². The van der Waals surface area contributed by atoms with Crippen LogP contribution in [0.5, 0.6) is 0 Å². The topological polar surface area (TPSA) is 59.3 Å². The fraction of sp³-hybridized carbons (Fsp3) is 0.353. The molecule has 0 amide bonds. The maximum absolute atomic E-state index is 11.2. The highest BCUT2D eigenvalue weighted by Gasteiger charge is 2.23. The summed E-state index contributed by atoms with van der Waals surface area (Å²) in [4.78, 5) is 16.9. The molecular weight excluding hydrogens is 278 g/mol. The predicted octanol–water partition coefficient (Wildman–Crippen LogP) is 3.76. The van der Waals surface area contributed by atoms with Crippen molar-refractivity contribution in [3.63, 3.8) is 0 Å². The van der Waals surface area contributed by atoms with Gasteiger partial charge in [-0.15, -0.1) is 0 Å². The van der Waals surface area contributed by atoms with Crippen molar-refractivity contribution in [3.8, 4) is 0 Å². The van der Waals surface area contributed by atoms with Gasteiger partial charge in [-0.1, -0.05) is 36.8 Å². The molecular formula is C17H21N3O2. The molecule has 1 aromatic carbocycles. The van der Waals surface area contributed by atoms with Crippen molar-refractivity contribution in [2.45, 2.75) is 32.7 Å². The minimum atomic E-state index is -0.378. The summed E-state index contributed by atoms with van der Waals surface area (Å²) < 4.78 is 0. The van der Waals surface area contributed by atoms with Gasteiger partial charge in [0.25, 0.3) is 0 Å². The Labute approximate surface area is 130 Å². The first-order chi connectivity index (χ1) is 10.5. The molecule has 0 N–H and O–H groups in total. The van der Waals surface area contributed by atoms with Gasteiger partial charge in [-0.3, -0.25) is 10.1 Å². The summed E-state index contributed by atoms with van der Waals surface area (Å²) in [6.07, 6.45) is 3.32. The van der Waals surface area contributed by atoms with Gasteiger partial charge in [0, 0.05) is 25.4 Å². The van der Waals surface area contributed by atoms with Crippen LogP contribution < -0.4 is 4.90 Å². The van der Waals surface area contributed by atoms with Gasteiger partial charge in [0.1, 0.15) is 0 Å². The number of rotatable bonds is 6. The van der Waals surface area contributed by atoms with Crippen LogP contribution in [-0.2, 0) is 6.42 Å². The number of likely N-dealkylation sites (N-methyl/N-ethyl adjacent to an activating group) is 1. The number of anilines is 1. The monoisotopic (exact) mass is 299 g/mol. The number of benzene rings is 1. The van der Waals surface area contributed by atoms with E-state index in [1.165, 1.54) is 17.2 Å². The Kier molecular flexibility index (Phi) is 5.09. The van der Waals surface area contributed by atoms with Crippen LogP contribution in [0, 0.1) is 17.0 Å². The smallest absolute Gasteiger partial charge is 0.311 e. The van der Waals surface area contributed by atoms with Gasteiger partial charge in [0.2, 0.25) is 5.82 Å². The van der Waals surface area contributed by atoms with Crippen molar-refractivity contribution in [1.29, 1.82) is 0 Å². The molecule has 2 aromatic rings. The van der Waals surface area contributed by atoms with Crippen LogP contribution >= 0.6 is 0 Å². The van der Waals surface area contributed by atoms with Gasteiger partial charge < -0.3 is 4.90 Å². The second kappa shape index (κ2) is 7.02. The van der Waals surface area contributed by atoms with E-state index in [2.05, 4.69) is 43.1 Å². The molecule has 1 heterocycles. The third kappa shape index (κ3) is 3.61. The Bertz CT molecular complexity index is 641. The van der Waals surface area contributed by atoms with Gasteiger partial charge in [0.15, 0.2) is 0 Å². The maximum atomic E-state index is 11.2. The van der Waals surface area contributed by atoms with Crippen LogP contribution in [0.3, 0.4) is 0 Å². The van der Waals surface area contributed by atoms with Crippen LogP contribution in [0.4, 0.5) is 11.5 Å². The second-order valence-corrected chi connectivity index (χ2v) is 5.47. The van der Waals surface area contributed by atoms with Crippen molar-refractivity contribution < 1.29 is 4.92 Å². The van der Waals surface area contributed by atoms with Crippen molar-refractivity contribution in [1.82, 2.24) is 4.98 Å². The molecule has 0 saturated carbocycles. The molecule has 0 bridgehead atoms. The Morgan fingerprint density at radius 3 is 2.55 bits per heavy atom. The van der Waals surface area contributed by atoms with E-state index >= 15 is 0 Å². The van der Waals surface area contributed by atoms with Gasteiger partial charge in [0.05, 0.1) is 4.92 Å². The van der Waals surface area contributed by atoms with E-state index < -0.39 is 0 Å². The lowest BCUT2D eigenvalue weighted by molar-refractivity contribution is -0.384. The van der Waals surface area contributed by atoms with Gasteiger partial charge in [-0.25, -0.2) is 4.98 Å². The number of aryl methyl sites for hydroxylation is 1. The molecule has 5 nitrogen and oxygen atoms in total. The second-order valence-electron chi connectivity index (χ2n) is 5.47. The molecule has 0 radical (unpaired) electrons. The average molecular weight is 299 g/mol. The van der Waals surface area contributed by atoms with E-state index in [4.69, 9.17) is 0 Å². The summed E-state index contributed by atoms with van der Waals surface area (Å²) in [5, 5.41) is 11.2. The molecule has 0 spiro atoms. The first-order valence-corrected chi connectivity index (χ1v) is 7.40. The number of hydrogen-bond donors (Lipinski definition) is 0. The standard InChI is InChI=1S/C17H21N3O2/c1-4-15(12-14-9-7-13(2)8-10-14)19(3)17-16(20(21)22)6-5-11-18-17/h5-11,15H,4,12H2,1-3H3. The van der Waals surface area contributed by atoms with Crippen molar-refractivity contribution in [3.05, 3.63) is 63.8 Å². The zero-order valence-electron chi connectivity index (χ0n) is 13.2. The number of pyridine rings is 1. The summed E-state index contributed by atoms with van der Waals surface area (Å²) in [5.41, 5.74) is 2.50. The molecule has 116 valence electrons. The SMILES string of the molecule is CCC(Cc1ccc(C)cc1)N(C)c1ncccc1[N+](=O)[O-]. The van der Waals surface area contributed by atoms with E-state index in [1.54, 1.807) is 12.3 Å². The molecule has 0 aliphatic carbocycles. The van der Waals surface area contributed by atoms with Crippen molar-refractivity contribution >= 4 is 11.5 Å². The van der Waals surface area contributed by atoms with E-state index in [1.807, 2.05) is 11.9 Å². The average Bonchev–Trinajstić information content (AvgIpc) is 2.53. The van der Waals surface area contributed by atoms with E-state index in [0.29, 0.717) is 5.82 Å². The minimum absolute atomic E-state index is 0.0485. The summed E-state index contributed by atoms with van der Waals surface area (Å²) in [6, 6.07) is 11.7. The third-order valence-electron chi connectivity index (χ3n) is 3.91. The minimum Gasteiger partial charge on any atom is -0.351 e. The number of nitrogens with zero attached hydrogens (tertiary/aromatic N) is 3. The Morgan fingerprint density at radius 2 is 1.95 bits per heavy atom. The fourth-order valence-electron chi connectivity index (χ4n) is 2.53. The Morgan fingerprint density at radius 1 is 1.27 bits per heavy atom. The van der Waals surface area contributed by atoms with E-state index in [9.17, 15) is 10.1 Å². The van der Waals surface area contributed by atoms with Gasteiger partial charge in [-0.05, 0) is 31.4 Å². The number of aromatic nitrogens is 1. The Hall–Kier alpha value is -2.43. The number of hydrogen-bond acceptors (Lipinski definition) is 4. The molecule has 0 aliphatic heterocycles. The van der Waals surface area contributed by atoms with Gasteiger partial charge in [-0.2, -0.15) is 0 Å². The van der Waals surface area contributed by atoms with E-state index in [-0.39, 0.29) is 16.7 Å². The number of nitro groups is 1. The largest absolute Gasteiger partial charge is 0.351 e. The summed E-state index contributed by atoms with van der Waals surface area (Å²) in [5.74, 6) is 0.423. The van der Waals surface area contributed by atoms with E-state index in [0.717, 1.165) is 12.8 Å². The van der Waals surface area contributed by atoms with Gasteiger partial charge >= 0.3 is 5.69 Å². The lowest BCUT2D eigenvalue weighted by Gasteiger charge is -2.28. The lowest BCUT2D eigenvalue weighted by Crippen LogP contribution is -2.34. The first kappa shape index (κ1) is 15.9. The maximum Gasteiger partial charge on any atom is 0.311 e. The quantitative estimate of drug-likeness (QED) is 0.602. The summed E-state index contributed by atoms with van der Waals surface area (Å²) in [6.45, 7) is 4.15. The highest BCUT2D eigenvalue weighted by molar-refractivity contribution is 5.57. The molecule has 5 heteroatoms. The van der Waals surface area contributed by atoms with Crippen molar-refractivity contribution in [2.24, 2.45) is 0 Å².